The van der Waals surface area contributed by atoms with Gasteiger partial charge in [0, 0.05) is 17.3 Å². The molecule has 0 radical (unpaired) electrons. The van der Waals surface area contributed by atoms with E-state index in [1.165, 1.54) is 17.3 Å². The molecule has 0 unspecified atom stereocenters. The number of hydrogen-bond donors (Lipinski definition) is 1. The highest BCUT2D eigenvalue weighted by Gasteiger charge is 2.16. The minimum absolute atomic E-state index is 0.164. The molecule has 0 aliphatic heterocycles. The summed E-state index contributed by atoms with van der Waals surface area (Å²) in [5.74, 6) is 1.11. The number of amides is 1. The average Bonchev–Trinajstić information content (AvgIpc) is 3.33. The van der Waals surface area contributed by atoms with Crippen LogP contribution in [0.25, 0.3) is 16.9 Å². The Kier molecular flexibility index (Phi) is 5.48. The van der Waals surface area contributed by atoms with Crippen LogP contribution in [0.2, 0.25) is 0 Å². The maximum absolute atomic E-state index is 12.3. The molecule has 0 aliphatic rings. The van der Waals surface area contributed by atoms with Crippen LogP contribution in [-0.2, 0) is 4.79 Å². The smallest absolute Gasteiger partial charge is 0.236 e. The molecule has 0 fully saturated rings. The van der Waals surface area contributed by atoms with Crippen molar-refractivity contribution < 1.29 is 9.32 Å². The Morgan fingerprint density at radius 3 is 2.55 bits per heavy atom. The third-order valence-corrected chi connectivity index (χ3v) is 5.27. The minimum atomic E-state index is -0.164. The summed E-state index contributed by atoms with van der Waals surface area (Å²) in [4.78, 5) is 16.9. The quantitative estimate of drug-likeness (QED) is 0.464. The van der Waals surface area contributed by atoms with Crippen LogP contribution in [0.4, 0.5) is 5.82 Å². The first-order valence-corrected chi connectivity index (χ1v) is 10.1. The van der Waals surface area contributed by atoms with E-state index >= 15 is 0 Å². The van der Waals surface area contributed by atoms with Crippen LogP contribution in [0.5, 0.6) is 0 Å². The van der Waals surface area contributed by atoms with Gasteiger partial charge in [-0.15, -0.1) is 0 Å². The normalized spacial score (nSPS) is 10.8. The molecule has 0 aliphatic carbocycles. The predicted molar refractivity (Wildman–Crippen MR) is 114 cm³/mol. The fourth-order valence-electron chi connectivity index (χ4n) is 2.93. The topological polar surface area (TPSA) is 73.0 Å². The lowest BCUT2D eigenvalue weighted by atomic mass is 10.1. The maximum atomic E-state index is 12.3. The number of carbonyl (C=O) groups is 1. The molecule has 4 rings (SSSR count). The number of thioether (sulfide) groups is 1. The molecule has 29 heavy (non-hydrogen) atoms. The summed E-state index contributed by atoms with van der Waals surface area (Å²) in [7, 11) is 0. The minimum Gasteiger partial charge on any atom is -0.360 e. The van der Waals surface area contributed by atoms with Crippen molar-refractivity contribution in [2.24, 2.45) is 0 Å². The average molecular weight is 404 g/mol. The number of nitrogens with one attached hydrogen (secondary N) is 1. The Morgan fingerprint density at radius 1 is 1.10 bits per heavy atom. The van der Waals surface area contributed by atoms with Crippen LogP contribution < -0.4 is 5.32 Å². The van der Waals surface area contributed by atoms with Gasteiger partial charge in [-0.1, -0.05) is 64.9 Å². The van der Waals surface area contributed by atoms with Crippen LogP contribution in [0.3, 0.4) is 0 Å². The van der Waals surface area contributed by atoms with E-state index < -0.39 is 0 Å². The van der Waals surface area contributed by atoms with Gasteiger partial charge in [0.1, 0.15) is 5.76 Å². The van der Waals surface area contributed by atoms with Gasteiger partial charge in [0.2, 0.25) is 5.91 Å². The zero-order valence-electron chi connectivity index (χ0n) is 16.1. The lowest BCUT2D eigenvalue weighted by Crippen LogP contribution is -2.14. The van der Waals surface area contributed by atoms with E-state index in [1.807, 2.05) is 36.5 Å². The Bertz CT molecular complexity index is 1120. The van der Waals surface area contributed by atoms with Crippen LogP contribution in [-0.4, -0.2) is 26.4 Å². The molecule has 2 heterocycles. The SMILES string of the molecule is Cc1ccc(-c2cnc(SCC(=O)Nc3cc(C)on3)n2-c2ccccc2)cc1. The van der Waals surface area contributed by atoms with Gasteiger partial charge in [-0.3, -0.25) is 9.36 Å². The molecule has 146 valence electrons. The van der Waals surface area contributed by atoms with Crippen molar-refractivity contribution in [2.75, 3.05) is 11.1 Å². The number of carbonyl (C=O) groups excluding carboxylic acids is 1. The highest BCUT2D eigenvalue weighted by atomic mass is 32.2. The summed E-state index contributed by atoms with van der Waals surface area (Å²) < 4.78 is 7.05. The van der Waals surface area contributed by atoms with Crippen LogP contribution in [0.1, 0.15) is 11.3 Å². The van der Waals surface area contributed by atoms with Crippen molar-refractivity contribution in [3.8, 4) is 16.9 Å². The maximum Gasteiger partial charge on any atom is 0.236 e. The third-order valence-electron chi connectivity index (χ3n) is 4.32. The first-order chi connectivity index (χ1) is 14.1. The molecule has 1 amide bonds. The fraction of sp³-hybridized carbons (Fsp3) is 0.136. The molecule has 1 N–H and O–H groups in total. The van der Waals surface area contributed by atoms with Crippen LogP contribution in [0.15, 0.2) is 76.5 Å². The molecular formula is C22H20N4O2S. The number of para-hydroxylation sites is 1. The highest BCUT2D eigenvalue weighted by Crippen LogP contribution is 2.30. The van der Waals surface area contributed by atoms with Crippen molar-refractivity contribution in [1.82, 2.24) is 14.7 Å². The Morgan fingerprint density at radius 2 is 1.86 bits per heavy atom. The number of imidazole rings is 1. The van der Waals surface area contributed by atoms with Gasteiger partial charge in [-0.2, -0.15) is 0 Å². The van der Waals surface area contributed by atoms with E-state index in [9.17, 15) is 4.79 Å². The highest BCUT2D eigenvalue weighted by molar-refractivity contribution is 7.99. The molecule has 0 bridgehead atoms. The van der Waals surface area contributed by atoms with Crippen molar-refractivity contribution in [3.05, 3.63) is 78.2 Å². The largest absolute Gasteiger partial charge is 0.360 e. The Labute approximate surface area is 173 Å². The van der Waals surface area contributed by atoms with Gasteiger partial charge < -0.3 is 9.84 Å². The molecule has 0 saturated carbocycles. The fourth-order valence-corrected chi connectivity index (χ4v) is 3.72. The number of aromatic nitrogens is 3. The number of rotatable bonds is 6. The van der Waals surface area contributed by atoms with Crippen molar-refractivity contribution in [3.63, 3.8) is 0 Å². The molecule has 0 atom stereocenters. The van der Waals surface area contributed by atoms with Crippen molar-refractivity contribution >= 4 is 23.5 Å². The van der Waals surface area contributed by atoms with E-state index in [0.29, 0.717) is 11.6 Å². The van der Waals surface area contributed by atoms with E-state index in [4.69, 9.17) is 4.52 Å². The standard InChI is InChI=1S/C22H20N4O2S/c1-15-8-10-17(11-9-15)19-13-23-22(26(19)18-6-4-3-5-7-18)29-14-21(27)24-20-12-16(2)28-25-20/h3-13H,14H2,1-2H3,(H,24,25,27). The number of benzene rings is 2. The molecule has 0 saturated heterocycles. The van der Waals surface area contributed by atoms with E-state index in [-0.39, 0.29) is 11.7 Å². The third kappa shape index (κ3) is 4.41. The van der Waals surface area contributed by atoms with Crippen molar-refractivity contribution in [1.29, 1.82) is 0 Å². The lowest BCUT2D eigenvalue weighted by molar-refractivity contribution is -0.113. The summed E-state index contributed by atoms with van der Waals surface area (Å²) in [5.41, 5.74) is 4.25. The van der Waals surface area contributed by atoms with E-state index in [2.05, 4.69) is 51.2 Å². The van der Waals surface area contributed by atoms with Gasteiger partial charge in [-0.25, -0.2) is 4.98 Å². The van der Waals surface area contributed by atoms with Crippen LogP contribution >= 0.6 is 11.8 Å². The molecule has 4 aromatic rings. The summed E-state index contributed by atoms with van der Waals surface area (Å²) in [6.45, 7) is 3.84. The van der Waals surface area contributed by atoms with Gasteiger partial charge in [-0.05, 0) is 26.0 Å². The zero-order valence-corrected chi connectivity index (χ0v) is 16.9. The number of nitrogens with zero attached hydrogens (tertiary/aromatic N) is 3. The number of anilines is 1. The molecule has 2 aromatic heterocycles. The van der Waals surface area contributed by atoms with Gasteiger partial charge >= 0.3 is 0 Å². The van der Waals surface area contributed by atoms with E-state index in [1.54, 1.807) is 13.0 Å². The second kappa shape index (κ2) is 8.36. The van der Waals surface area contributed by atoms with Crippen LogP contribution in [0, 0.1) is 13.8 Å². The molecular weight excluding hydrogens is 384 g/mol. The van der Waals surface area contributed by atoms with Gasteiger partial charge in [0.25, 0.3) is 0 Å². The predicted octanol–water partition coefficient (Wildman–Crippen LogP) is 4.87. The Hall–Kier alpha value is -3.32. The second-order valence-corrected chi connectivity index (χ2v) is 7.57. The summed E-state index contributed by atoms with van der Waals surface area (Å²) in [5, 5.41) is 7.27. The molecule has 2 aromatic carbocycles. The monoisotopic (exact) mass is 404 g/mol. The zero-order chi connectivity index (χ0) is 20.2. The van der Waals surface area contributed by atoms with Crippen molar-refractivity contribution in [2.45, 2.75) is 19.0 Å². The van der Waals surface area contributed by atoms with Gasteiger partial charge in [0.15, 0.2) is 11.0 Å². The number of hydrogen-bond acceptors (Lipinski definition) is 5. The summed E-state index contributed by atoms with van der Waals surface area (Å²) >= 11 is 1.38. The first-order valence-electron chi connectivity index (χ1n) is 9.16. The second-order valence-electron chi connectivity index (χ2n) is 6.62. The molecule has 7 heteroatoms. The summed E-state index contributed by atoms with van der Waals surface area (Å²) in [6, 6.07) is 20.0. The number of aryl methyl sites for hydroxylation is 2. The first kappa shape index (κ1) is 19.0. The molecule has 6 nitrogen and oxygen atoms in total. The lowest BCUT2D eigenvalue weighted by Gasteiger charge is -2.12. The Balaban J connectivity index is 1.59. The van der Waals surface area contributed by atoms with E-state index in [0.717, 1.165) is 22.1 Å². The summed E-state index contributed by atoms with van der Waals surface area (Å²) in [6.07, 6.45) is 1.85. The van der Waals surface area contributed by atoms with Gasteiger partial charge in [0.05, 0.1) is 17.6 Å². The molecule has 0 spiro atoms.